The molecule has 3 aromatic rings. The molecule has 0 saturated carbocycles. The summed E-state index contributed by atoms with van der Waals surface area (Å²) in [7, 11) is -3.53. The number of nitrogens with one attached hydrogen (secondary N) is 1. The number of aryl methyl sites for hydroxylation is 1. The average Bonchev–Trinajstić information content (AvgIpc) is 2.61. The number of benzene rings is 3. The largest absolute Gasteiger partial charge is 0.384 e. The molecule has 0 amide bonds. The van der Waals surface area contributed by atoms with Crippen LogP contribution in [0.4, 0.5) is 5.69 Å². The lowest BCUT2D eigenvalue weighted by molar-refractivity contribution is 0.596. The van der Waals surface area contributed by atoms with E-state index in [1.165, 1.54) is 5.56 Å². The van der Waals surface area contributed by atoms with Crippen LogP contribution in [0.25, 0.3) is 10.8 Å². The van der Waals surface area contributed by atoms with Gasteiger partial charge in [-0.3, -0.25) is 0 Å². The van der Waals surface area contributed by atoms with E-state index in [0.717, 1.165) is 41.4 Å². The smallest absolute Gasteiger partial charge is 0.206 e. The summed E-state index contributed by atoms with van der Waals surface area (Å²) >= 11 is 0. The highest BCUT2D eigenvalue weighted by Crippen LogP contribution is 2.32. The van der Waals surface area contributed by atoms with Crippen LogP contribution in [0.1, 0.15) is 17.5 Å². The number of allylic oxidation sites excluding steroid dienone is 1. The van der Waals surface area contributed by atoms with Gasteiger partial charge in [0, 0.05) is 17.6 Å². The molecule has 26 heavy (non-hydrogen) atoms. The minimum absolute atomic E-state index is 0.331. The number of anilines is 1. The van der Waals surface area contributed by atoms with Crippen molar-refractivity contribution in [1.82, 2.24) is 0 Å². The SMILES string of the molecule is Cc1ccc(S(=O)(=O)c2ccc3ccc4c(c3c2)NCC/C=C\C4)cc1. The minimum atomic E-state index is -3.53. The summed E-state index contributed by atoms with van der Waals surface area (Å²) in [5.41, 5.74) is 3.28. The van der Waals surface area contributed by atoms with Crippen LogP contribution in [0.2, 0.25) is 0 Å². The lowest BCUT2D eigenvalue weighted by atomic mass is 10.0. The standard InChI is InChI=1S/C22H21NO2S/c1-16-6-11-19(12-7-16)26(24,25)20-13-10-17-8-9-18-5-3-2-4-14-23-22(18)21(17)15-20/h2-3,6-13,15,23H,4-5,14H2,1H3/b3-2-. The summed E-state index contributed by atoms with van der Waals surface area (Å²) in [6.45, 7) is 2.79. The Balaban J connectivity index is 1.88. The Kier molecular flexibility index (Phi) is 4.29. The van der Waals surface area contributed by atoms with E-state index in [4.69, 9.17) is 0 Å². The maximum atomic E-state index is 13.0. The number of hydrogen-bond acceptors (Lipinski definition) is 3. The van der Waals surface area contributed by atoms with Crippen molar-refractivity contribution in [3.05, 3.63) is 77.9 Å². The first-order chi connectivity index (χ1) is 12.6. The molecular formula is C22H21NO2S. The third-order valence-electron chi connectivity index (χ3n) is 4.84. The van der Waals surface area contributed by atoms with Crippen LogP contribution in [-0.4, -0.2) is 15.0 Å². The van der Waals surface area contributed by atoms with E-state index in [9.17, 15) is 8.42 Å². The van der Waals surface area contributed by atoms with E-state index < -0.39 is 9.84 Å². The van der Waals surface area contributed by atoms with Gasteiger partial charge in [0.15, 0.2) is 0 Å². The summed E-state index contributed by atoms with van der Waals surface area (Å²) in [4.78, 5) is 0.666. The van der Waals surface area contributed by atoms with Gasteiger partial charge >= 0.3 is 0 Å². The van der Waals surface area contributed by atoms with Crippen molar-refractivity contribution in [3.63, 3.8) is 0 Å². The normalized spacial score (nSPS) is 15.6. The molecule has 1 aliphatic heterocycles. The first-order valence-corrected chi connectivity index (χ1v) is 10.3. The van der Waals surface area contributed by atoms with Crippen LogP contribution in [0, 0.1) is 6.92 Å². The highest BCUT2D eigenvalue weighted by molar-refractivity contribution is 7.91. The highest BCUT2D eigenvalue weighted by atomic mass is 32.2. The van der Waals surface area contributed by atoms with Crippen molar-refractivity contribution in [2.75, 3.05) is 11.9 Å². The Morgan fingerprint density at radius 1 is 0.885 bits per heavy atom. The van der Waals surface area contributed by atoms with Crippen LogP contribution in [-0.2, 0) is 16.3 Å². The Labute approximate surface area is 154 Å². The van der Waals surface area contributed by atoms with Crippen molar-refractivity contribution < 1.29 is 8.42 Å². The molecule has 132 valence electrons. The maximum Gasteiger partial charge on any atom is 0.206 e. The fourth-order valence-electron chi connectivity index (χ4n) is 3.35. The van der Waals surface area contributed by atoms with E-state index >= 15 is 0 Å². The summed E-state index contributed by atoms with van der Waals surface area (Å²) in [6, 6.07) is 16.6. The van der Waals surface area contributed by atoms with Crippen molar-refractivity contribution in [2.45, 2.75) is 29.6 Å². The molecule has 3 nitrogen and oxygen atoms in total. The molecule has 0 radical (unpaired) electrons. The van der Waals surface area contributed by atoms with Crippen molar-refractivity contribution in [1.29, 1.82) is 0 Å². The van der Waals surface area contributed by atoms with Gasteiger partial charge in [-0.15, -0.1) is 0 Å². The molecule has 0 atom stereocenters. The topological polar surface area (TPSA) is 46.2 Å². The van der Waals surface area contributed by atoms with Crippen LogP contribution >= 0.6 is 0 Å². The summed E-state index contributed by atoms with van der Waals surface area (Å²) in [6.07, 6.45) is 6.18. The second-order valence-electron chi connectivity index (χ2n) is 6.69. The second-order valence-corrected chi connectivity index (χ2v) is 8.64. The molecule has 0 saturated heterocycles. The van der Waals surface area contributed by atoms with Gasteiger partial charge in [0.25, 0.3) is 0 Å². The Morgan fingerprint density at radius 2 is 1.62 bits per heavy atom. The zero-order valence-corrected chi connectivity index (χ0v) is 15.5. The molecule has 0 unspecified atom stereocenters. The fraction of sp³-hybridized carbons (Fsp3) is 0.182. The number of rotatable bonds is 2. The molecule has 0 aliphatic carbocycles. The van der Waals surface area contributed by atoms with Gasteiger partial charge in [0.05, 0.1) is 9.79 Å². The van der Waals surface area contributed by atoms with Crippen molar-refractivity contribution in [2.24, 2.45) is 0 Å². The molecule has 1 N–H and O–H groups in total. The summed E-state index contributed by atoms with van der Waals surface area (Å²) in [5.74, 6) is 0. The molecule has 4 rings (SSSR count). The summed E-state index contributed by atoms with van der Waals surface area (Å²) in [5, 5.41) is 5.50. The highest BCUT2D eigenvalue weighted by Gasteiger charge is 2.19. The lowest BCUT2D eigenvalue weighted by Gasteiger charge is -2.17. The molecule has 0 aromatic heterocycles. The van der Waals surface area contributed by atoms with E-state index in [-0.39, 0.29) is 0 Å². The lowest BCUT2D eigenvalue weighted by Crippen LogP contribution is -2.07. The zero-order valence-electron chi connectivity index (χ0n) is 14.7. The first kappa shape index (κ1) is 16.9. The molecule has 1 heterocycles. The van der Waals surface area contributed by atoms with Gasteiger partial charge in [-0.05, 0) is 55.0 Å². The van der Waals surface area contributed by atoms with Crippen molar-refractivity contribution >= 4 is 26.3 Å². The van der Waals surface area contributed by atoms with Gasteiger partial charge in [0.1, 0.15) is 0 Å². The summed E-state index contributed by atoms with van der Waals surface area (Å²) < 4.78 is 26.1. The van der Waals surface area contributed by atoms with Gasteiger partial charge in [0.2, 0.25) is 9.84 Å². The zero-order chi connectivity index (χ0) is 18.1. The molecular weight excluding hydrogens is 342 g/mol. The predicted molar refractivity (Wildman–Crippen MR) is 107 cm³/mol. The van der Waals surface area contributed by atoms with E-state index in [1.807, 2.05) is 31.2 Å². The maximum absolute atomic E-state index is 13.0. The quantitative estimate of drug-likeness (QED) is 0.659. The molecule has 3 aromatic carbocycles. The van der Waals surface area contributed by atoms with Crippen LogP contribution < -0.4 is 5.32 Å². The van der Waals surface area contributed by atoms with Crippen LogP contribution in [0.15, 0.2) is 76.5 Å². The third kappa shape index (κ3) is 3.01. The van der Waals surface area contributed by atoms with E-state index in [0.29, 0.717) is 9.79 Å². The Bertz CT molecular complexity index is 1100. The van der Waals surface area contributed by atoms with Gasteiger partial charge in [-0.1, -0.05) is 48.0 Å². The molecule has 1 aliphatic rings. The molecule has 0 spiro atoms. The van der Waals surface area contributed by atoms with Gasteiger partial charge in [-0.2, -0.15) is 0 Å². The third-order valence-corrected chi connectivity index (χ3v) is 6.61. The minimum Gasteiger partial charge on any atom is -0.384 e. The Hall–Kier alpha value is -2.59. The Morgan fingerprint density at radius 3 is 2.42 bits per heavy atom. The second kappa shape index (κ2) is 6.61. The van der Waals surface area contributed by atoms with E-state index in [1.54, 1.807) is 18.2 Å². The van der Waals surface area contributed by atoms with E-state index in [2.05, 4.69) is 29.6 Å². The fourth-order valence-corrected chi connectivity index (χ4v) is 4.64. The molecule has 0 bridgehead atoms. The van der Waals surface area contributed by atoms with Gasteiger partial charge < -0.3 is 5.32 Å². The van der Waals surface area contributed by atoms with Gasteiger partial charge in [-0.25, -0.2) is 8.42 Å². The number of sulfone groups is 1. The number of hydrogen-bond donors (Lipinski definition) is 1. The monoisotopic (exact) mass is 363 g/mol. The average molecular weight is 363 g/mol. The van der Waals surface area contributed by atoms with Crippen LogP contribution in [0.3, 0.4) is 0 Å². The molecule has 0 fully saturated rings. The molecule has 4 heteroatoms. The van der Waals surface area contributed by atoms with Crippen molar-refractivity contribution in [3.8, 4) is 0 Å². The predicted octanol–water partition coefficient (Wildman–Crippen LogP) is 4.90. The number of fused-ring (bicyclic) bond motifs is 3. The first-order valence-electron chi connectivity index (χ1n) is 8.82. The van der Waals surface area contributed by atoms with Crippen LogP contribution in [0.5, 0.6) is 0 Å².